The van der Waals surface area contributed by atoms with Gasteiger partial charge in [0.1, 0.15) is 6.61 Å². The lowest BCUT2D eigenvalue weighted by Gasteiger charge is -2.35. The van der Waals surface area contributed by atoms with Crippen molar-refractivity contribution in [1.29, 1.82) is 0 Å². The fraction of sp³-hybridized carbons (Fsp3) is 0.500. The zero-order valence-electron chi connectivity index (χ0n) is 15.5. The molecule has 0 saturated carbocycles. The van der Waals surface area contributed by atoms with Gasteiger partial charge in [0.25, 0.3) is 5.91 Å². The highest BCUT2D eigenvalue weighted by Gasteiger charge is 2.30. The van der Waals surface area contributed by atoms with Gasteiger partial charge in [0, 0.05) is 31.4 Å². The molecule has 2 aliphatic rings. The van der Waals surface area contributed by atoms with E-state index < -0.39 is 5.97 Å². The van der Waals surface area contributed by atoms with Gasteiger partial charge in [-0.25, -0.2) is 0 Å². The molecule has 0 unspecified atom stereocenters. The smallest absolute Gasteiger partial charge is 0.305 e. The summed E-state index contributed by atoms with van der Waals surface area (Å²) >= 11 is 0. The lowest BCUT2D eigenvalue weighted by atomic mass is 10.0. The third-order valence-corrected chi connectivity index (χ3v) is 4.74. The van der Waals surface area contributed by atoms with Crippen LogP contribution in [-0.2, 0) is 14.3 Å². The van der Waals surface area contributed by atoms with Crippen molar-refractivity contribution in [3.63, 3.8) is 0 Å². The Kier molecular flexibility index (Phi) is 6.34. The number of ether oxygens (including phenoxy) is 3. The average molecular weight is 375 g/mol. The number of fused-ring (bicyclic) bond motifs is 1. The molecule has 1 fully saturated rings. The van der Waals surface area contributed by atoms with Gasteiger partial charge in [-0.1, -0.05) is 12.1 Å². The maximum absolute atomic E-state index is 13.1. The van der Waals surface area contributed by atoms with Gasteiger partial charge in [-0.3, -0.25) is 9.59 Å². The molecule has 0 spiro atoms. The van der Waals surface area contributed by atoms with E-state index in [0.717, 1.165) is 5.56 Å². The lowest BCUT2D eigenvalue weighted by molar-refractivity contribution is -0.139. The molecule has 0 radical (unpaired) electrons. The highest BCUT2D eigenvalue weighted by molar-refractivity contribution is 5.99. The number of para-hydroxylation sites is 1. The van der Waals surface area contributed by atoms with Crippen molar-refractivity contribution in [3.05, 3.63) is 29.3 Å². The number of amides is 1. The second-order valence-corrected chi connectivity index (χ2v) is 6.55. The number of hydrogen-bond donors (Lipinski definition) is 1. The first kappa shape index (κ1) is 19.2. The summed E-state index contributed by atoms with van der Waals surface area (Å²) in [6.45, 7) is 3.92. The zero-order valence-corrected chi connectivity index (χ0v) is 15.5. The van der Waals surface area contributed by atoms with Crippen molar-refractivity contribution < 1.29 is 28.9 Å². The molecule has 0 aromatic heterocycles. The van der Waals surface area contributed by atoms with Crippen LogP contribution in [0, 0.1) is 0 Å². The van der Waals surface area contributed by atoms with Gasteiger partial charge in [0.05, 0.1) is 18.6 Å². The summed E-state index contributed by atoms with van der Waals surface area (Å²) in [5.41, 5.74) is 1.31. The number of benzene rings is 1. The van der Waals surface area contributed by atoms with Gasteiger partial charge in [-0.05, 0) is 31.9 Å². The van der Waals surface area contributed by atoms with E-state index in [-0.39, 0.29) is 31.5 Å². The van der Waals surface area contributed by atoms with Gasteiger partial charge in [0.15, 0.2) is 11.5 Å². The molecule has 1 N–H and O–H groups in total. The number of hydrogen-bond acceptors (Lipinski definition) is 5. The molecule has 1 saturated heterocycles. The van der Waals surface area contributed by atoms with Crippen LogP contribution in [0.25, 0.3) is 6.08 Å². The molecule has 1 aromatic carbocycles. The molecule has 7 nitrogen and oxygen atoms in total. The first-order valence-corrected chi connectivity index (χ1v) is 9.29. The number of carboxylic acid groups (broad SMARTS) is 1. The SMILES string of the molecule is CCOc1cccc2c1OCC(C(=O)N(CCC(=O)O)C1CCOCC1)=C2. The molecule has 3 rings (SSSR count). The molecule has 0 atom stereocenters. The van der Waals surface area contributed by atoms with E-state index in [0.29, 0.717) is 49.7 Å². The molecule has 0 bridgehead atoms. The molecule has 0 aliphatic carbocycles. The van der Waals surface area contributed by atoms with E-state index in [4.69, 9.17) is 19.3 Å². The quantitative estimate of drug-likeness (QED) is 0.787. The van der Waals surface area contributed by atoms with E-state index in [1.165, 1.54) is 0 Å². The maximum atomic E-state index is 13.1. The summed E-state index contributed by atoms with van der Waals surface area (Å²) in [6, 6.07) is 5.56. The molecule has 7 heteroatoms. The molecule has 1 amide bonds. The minimum Gasteiger partial charge on any atom is -0.490 e. The summed E-state index contributed by atoms with van der Waals surface area (Å²) in [5.74, 6) is 0.208. The topological polar surface area (TPSA) is 85.3 Å². The van der Waals surface area contributed by atoms with Crippen molar-refractivity contribution in [2.24, 2.45) is 0 Å². The van der Waals surface area contributed by atoms with Gasteiger partial charge in [-0.2, -0.15) is 0 Å². The van der Waals surface area contributed by atoms with Crippen LogP contribution in [0.4, 0.5) is 0 Å². The van der Waals surface area contributed by atoms with Crippen molar-refractivity contribution in [2.75, 3.05) is 33.0 Å². The molecular formula is C20H25NO6. The normalized spacial score (nSPS) is 16.7. The average Bonchev–Trinajstić information content (AvgIpc) is 2.68. The monoisotopic (exact) mass is 375 g/mol. The summed E-state index contributed by atoms with van der Waals surface area (Å²) in [5, 5.41) is 9.05. The predicted octanol–water partition coefficient (Wildman–Crippen LogP) is 2.34. The molecule has 27 heavy (non-hydrogen) atoms. The van der Waals surface area contributed by atoms with Crippen LogP contribution < -0.4 is 9.47 Å². The van der Waals surface area contributed by atoms with E-state index in [1.807, 2.05) is 31.2 Å². The van der Waals surface area contributed by atoms with Crippen LogP contribution in [-0.4, -0.2) is 60.9 Å². The van der Waals surface area contributed by atoms with E-state index >= 15 is 0 Å². The van der Waals surface area contributed by atoms with Crippen molar-refractivity contribution in [3.8, 4) is 11.5 Å². The van der Waals surface area contributed by atoms with Gasteiger partial charge >= 0.3 is 5.97 Å². The van der Waals surface area contributed by atoms with Crippen molar-refractivity contribution in [1.82, 2.24) is 4.90 Å². The summed E-state index contributed by atoms with van der Waals surface area (Å²) in [4.78, 5) is 25.8. The van der Waals surface area contributed by atoms with E-state index in [2.05, 4.69) is 0 Å². The number of carboxylic acids is 1. The van der Waals surface area contributed by atoms with Crippen LogP contribution in [0.15, 0.2) is 23.8 Å². The summed E-state index contributed by atoms with van der Waals surface area (Å²) in [7, 11) is 0. The highest BCUT2D eigenvalue weighted by Crippen LogP contribution is 2.36. The van der Waals surface area contributed by atoms with Crippen LogP contribution >= 0.6 is 0 Å². The zero-order chi connectivity index (χ0) is 19.2. The molecule has 2 heterocycles. The van der Waals surface area contributed by atoms with E-state index in [9.17, 15) is 9.59 Å². The Hall–Kier alpha value is -2.54. The third kappa shape index (κ3) is 4.60. The lowest BCUT2D eigenvalue weighted by Crippen LogP contribution is -2.45. The Balaban J connectivity index is 1.82. The Morgan fingerprint density at radius 1 is 1.30 bits per heavy atom. The molecule has 1 aromatic rings. The van der Waals surface area contributed by atoms with Gasteiger partial charge in [0.2, 0.25) is 0 Å². The maximum Gasteiger partial charge on any atom is 0.305 e. The van der Waals surface area contributed by atoms with Crippen LogP contribution in [0.3, 0.4) is 0 Å². The minimum absolute atomic E-state index is 0.0114. The van der Waals surface area contributed by atoms with E-state index in [1.54, 1.807) is 4.90 Å². The first-order chi connectivity index (χ1) is 13.1. The Labute approximate surface area is 158 Å². The van der Waals surface area contributed by atoms with Gasteiger partial charge in [-0.15, -0.1) is 0 Å². The van der Waals surface area contributed by atoms with Crippen LogP contribution in [0.5, 0.6) is 11.5 Å². The second kappa shape index (κ2) is 8.90. The number of nitrogens with zero attached hydrogens (tertiary/aromatic N) is 1. The first-order valence-electron chi connectivity index (χ1n) is 9.29. The summed E-state index contributed by atoms with van der Waals surface area (Å²) < 4.78 is 16.8. The van der Waals surface area contributed by atoms with Gasteiger partial charge < -0.3 is 24.2 Å². The number of aliphatic carboxylic acids is 1. The Morgan fingerprint density at radius 2 is 2.07 bits per heavy atom. The minimum atomic E-state index is -0.916. The standard InChI is InChI=1S/C20H25NO6/c1-2-26-17-5-3-4-14-12-15(13-27-19(14)17)20(24)21(9-6-18(22)23)16-7-10-25-11-8-16/h3-5,12,16H,2,6-11,13H2,1H3,(H,22,23). The van der Waals surface area contributed by atoms with Crippen molar-refractivity contribution >= 4 is 18.0 Å². The fourth-order valence-corrected chi connectivity index (χ4v) is 3.42. The molecular weight excluding hydrogens is 350 g/mol. The largest absolute Gasteiger partial charge is 0.490 e. The highest BCUT2D eigenvalue weighted by atomic mass is 16.5. The number of rotatable bonds is 7. The summed E-state index contributed by atoms with van der Waals surface area (Å²) in [6.07, 6.45) is 3.16. The number of carbonyl (C=O) groups is 2. The molecule has 146 valence electrons. The number of carbonyl (C=O) groups excluding carboxylic acids is 1. The van der Waals surface area contributed by atoms with Crippen molar-refractivity contribution in [2.45, 2.75) is 32.2 Å². The Morgan fingerprint density at radius 3 is 2.78 bits per heavy atom. The third-order valence-electron chi connectivity index (χ3n) is 4.74. The second-order valence-electron chi connectivity index (χ2n) is 6.55. The fourth-order valence-electron chi connectivity index (χ4n) is 3.42. The molecule has 2 aliphatic heterocycles. The predicted molar refractivity (Wildman–Crippen MR) is 98.9 cm³/mol. The van der Waals surface area contributed by atoms with Crippen LogP contribution in [0.2, 0.25) is 0 Å². The van der Waals surface area contributed by atoms with Crippen LogP contribution in [0.1, 0.15) is 31.7 Å². The Bertz CT molecular complexity index is 723.